The van der Waals surface area contributed by atoms with Crippen LogP contribution in [-0.4, -0.2) is 63.0 Å². The summed E-state index contributed by atoms with van der Waals surface area (Å²) < 4.78 is 14.7. The summed E-state index contributed by atoms with van der Waals surface area (Å²) in [4.78, 5) is 31.8. The lowest BCUT2D eigenvalue weighted by atomic mass is 9.67. The molecule has 0 saturated heterocycles. The smallest absolute Gasteiger partial charge is 0.316 e. The quantitative estimate of drug-likeness (QED) is 0.0800. The minimum atomic E-state index is -0.674. The zero-order valence-corrected chi connectivity index (χ0v) is 34.3. The topological polar surface area (TPSA) is 59.1 Å². The third kappa shape index (κ3) is 10.4. The average Bonchev–Trinajstić information content (AvgIpc) is 3.62. The molecule has 0 unspecified atom stereocenters. The molecule has 0 aliphatic rings. The van der Waals surface area contributed by atoms with Crippen LogP contribution in [0.4, 0.5) is 0 Å². The average molecular weight is 721 g/mol. The van der Waals surface area contributed by atoms with Gasteiger partial charge in [-0.25, -0.2) is 0 Å². The fraction of sp³-hybridized carbons (Fsp3) is 0.571. The summed E-state index contributed by atoms with van der Waals surface area (Å²) in [5.41, 5.74) is 0.866. The van der Waals surface area contributed by atoms with Crippen molar-refractivity contribution in [1.29, 1.82) is 0 Å². The van der Waals surface area contributed by atoms with Crippen molar-refractivity contribution in [3.05, 3.63) is 58.3 Å². The van der Waals surface area contributed by atoms with Crippen molar-refractivity contribution in [2.45, 2.75) is 93.9 Å². The lowest BCUT2D eigenvalue weighted by Gasteiger charge is -2.38. The molecule has 0 aliphatic heterocycles. The highest BCUT2D eigenvalue weighted by Crippen LogP contribution is 2.45. The Bertz CT molecular complexity index is 1650. The summed E-state index contributed by atoms with van der Waals surface area (Å²) in [6.45, 7) is 18.8. The highest BCUT2D eigenvalue weighted by atomic mass is 32.1. The summed E-state index contributed by atoms with van der Waals surface area (Å²) in [6.07, 6.45) is 5.03. The van der Waals surface area contributed by atoms with E-state index in [2.05, 4.69) is 88.6 Å². The van der Waals surface area contributed by atoms with E-state index in [0.717, 1.165) is 58.9 Å². The molecule has 4 rings (SSSR count). The van der Waals surface area contributed by atoms with Gasteiger partial charge in [0, 0.05) is 33.3 Å². The van der Waals surface area contributed by atoms with Crippen LogP contribution in [0.15, 0.2) is 47.2 Å². The summed E-state index contributed by atoms with van der Waals surface area (Å²) in [5.74, 6) is 0.917. The largest absolute Gasteiger partial charge is 0.425 e. The molecule has 50 heavy (non-hydrogen) atoms. The molecule has 0 N–H and O–H groups in total. The highest BCUT2D eigenvalue weighted by Gasteiger charge is 2.40. The van der Waals surface area contributed by atoms with Gasteiger partial charge < -0.3 is 19.3 Å². The molecule has 0 saturated carbocycles. The van der Waals surface area contributed by atoms with Crippen LogP contribution in [0.2, 0.25) is 0 Å². The number of likely N-dealkylation sites (N-methyl/N-ethyl adjacent to an activating group) is 2. The van der Waals surface area contributed by atoms with Crippen LogP contribution in [0.25, 0.3) is 20.2 Å². The molecule has 2 aromatic carbocycles. The number of hydrogen-bond acceptors (Lipinski definition) is 8. The SMILES string of the molecule is CN(C)CCc1csc2cccc(OC(=O)C(C)(C)CC(C)(C)CCC(C)(C)CC(C)(C)C(=O)Oc3cccc4scc(CCN(C)C)c34)c12. The second-order valence-corrected chi connectivity index (χ2v) is 19.4. The van der Waals surface area contributed by atoms with Gasteiger partial charge in [0.2, 0.25) is 0 Å². The third-order valence-electron chi connectivity index (χ3n) is 9.76. The Labute approximate surface area is 309 Å². The Balaban J connectivity index is 1.38. The zero-order valence-electron chi connectivity index (χ0n) is 32.6. The van der Waals surface area contributed by atoms with E-state index >= 15 is 0 Å². The van der Waals surface area contributed by atoms with Crippen LogP contribution >= 0.6 is 22.7 Å². The lowest BCUT2D eigenvalue weighted by Crippen LogP contribution is -2.36. The monoisotopic (exact) mass is 720 g/mol. The van der Waals surface area contributed by atoms with E-state index in [0.29, 0.717) is 24.3 Å². The van der Waals surface area contributed by atoms with Crippen LogP contribution < -0.4 is 9.47 Å². The molecular formula is C42H60N2O4S2. The number of nitrogens with zero attached hydrogens (tertiary/aromatic N) is 2. The van der Waals surface area contributed by atoms with Gasteiger partial charge in [0.15, 0.2) is 0 Å². The number of ether oxygens (including phenoxy) is 2. The van der Waals surface area contributed by atoms with Gasteiger partial charge in [-0.15, -0.1) is 22.7 Å². The molecule has 4 aromatic rings. The number of thiophene rings is 2. The van der Waals surface area contributed by atoms with E-state index < -0.39 is 10.8 Å². The molecule has 274 valence electrons. The molecule has 0 atom stereocenters. The Hall–Kier alpha value is -2.78. The number of carbonyl (C=O) groups is 2. The van der Waals surface area contributed by atoms with Crippen LogP contribution in [0.1, 0.15) is 92.2 Å². The number of rotatable bonds is 17. The Morgan fingerprint density at radius 1 is 0.600 bits per heavy atom. The van der Waals surface area contributed by atoms with Gasteiger partial charge in [0.05, 0.1) is 10.8 Å². The predicted molar refractivity (Wildman–Crippen MR) is 213 cm³/mol. The van der Waals surface area contributed by atoms with Crippen molar-refractivity contribution in [3.8, 4) is 11.5 Å². The maximum absolute atomic E-state index is 13.7. The van der Waals surface area contributed by atoms with Crippen LogP contribution in [-0.2, 0) is 22.4 Å². The Morgan fingerprint density at radius 3 is 1.30 bits per heavy atom. The predicted octanol–water partition coefficient (Wildman–Crippen LogP) is 10.5. The number of hydrogen-bond donors (Lipinski definition) is 0. The van der Waals surface area contributed by atoms with Gasteiger partial charge in [-0.1, -0.05) is 39.8 Å². The van der Waals surface area contributed by atoms with Crippen LogP contribution in [0.5, 0.6) is 11.5 Å². The van der Waals surface area contributed by atoms with E-state index in [9.17, 15) is 9.59 Å². The van der Waals surface area contributed by atoms with Gasteiger partial charge in [-0.3, -0.25) is 9.59 Å². The number of fused-ring (bicyclic) bond motifs is 2. The minimum Gasteiger partial charge on any atom is -0.425 e. The van der Waals surface area contributed by atoms with Gasteiger partial charge >= 0.3 is 11.9 Å². The molecule has 0 spiro atoms. The summed E-state index contributed by atoms with van der Waals surface area (Å²) in [6, 6.07) is 12.0. The van der Waals surface area contributed by atoms with Gasteiger partial charge in [-0.2, -0.15) is 0 Å². The van der Waals surface area contributed by atoms with E-state index in [4.69, 9.17) is 9.47 Å². The first-order valence-corrected chi connectivity index (χ1v) is 19.7. The third-order valence-corrected chi connectivity index (χ3v) is 11.8. The van der Waals surface area contributed by atoms with Crippen LogP contribution in [0.3, 0.4) is 0 Å². The molecule has 2 aromatic heterocycles. The molecule has 2 heterocycles. The first-order chi connectivity index (χ1) is 23.2. The molecule has 0 amide bonds. The first kappa shape index (κ1) is 40.0. The first-order valence-electron chi connectivity index (χ1n) is 17.9. The van der Waals surface area contributed by atoms with Crippen molar-refractivity contribution in [2.75, 3.05) is 41.3 Å². The number of esters is 2. The standard InChI is InChI=1S/C42H60N2O4S2/c1-39(2,27-41(5,6)37(45)47-31-15-13-17-33-35(31)29(25-49-33)19-23-43(9)10)21-22-40(3,4)28-42(7,8)38(46)48-32-16-14-18-34-36(32)30(26-50-34)20-24-44(11)12/h13-18,25-26H,19-24,27-28H2,1-12H3. The number of benzene rings is 2. The van der Waals surface area contributed by atoms with E-state index in [1.165, 1.54) is 11.1 Å². The van der Waals surface area contributed by atoms with E-state index in [-0.39, 0.29) is 22.8 Å². The number of carbonyl (C=O) groups excluding carboxylic acids is 2. The van der Waals surface area contributed by atoms with Gasteiger partial charge in [-0.05, 0) is 151 Å². The highest BCUT2D eigenvalue weighted by molar-refractivity contribution is 7.17. The molecule has 0 radical (unpaired) electrons. The molecule has 6 nitrogen and oxygen atoms in total. The maximum Gasteiger partial charge on any atom is 0.316 e. The van der Waals surface area contributed by atoms with Gasteiger partial charge in [0.1, 0.15) is 11.5 Å². The van der Waals surface area contributed by atoms with Crippen LogP contribution in [0, 0.1) is 21.7 Å². The fourth-order valence-electron chi connectivity index (χ4n) is 7.33. The fourth-order valence-corrected chi connectivity index (χ4v) is 9.35. The zero-order chi connectivity index (χ0) is 37.1. The lowest BCUT2D eigenvalue weighted by molar-refractivity contribution is -0.147. The summed E-state index contributed by atoms with van der Waals surface area (Å²) in [7, 11) is 8.30. The van der Waals surface area contributed by atoms with Crippen molar-refractivity contribution in [2.24, 2.45) is 21.7 Å². The second-order valence-electron chi connectivity index (χ2n) is 17.6. The maximum atomic E-state index is 13.7. The normalized spacial score (nSPS) is 13.2. The molecule has 8 heteroatoms. The van der Waals surface area contributed by atoms with Gasteiger partial charge in [0.25, 0.3) is 0 Å². The Morgan fingerprint density at radius 2 is 0.960 bits per heavy atom. The van der Waals surface area contributed by atoms with Crippen molar-refractivity contribution >= 4 is 54.8 Å². The summed E-state index contributed by atoms with van der Waals surface area (Å²) in [5, 5.41) is 6.50. The molecule has 0 fully saturated rings. The summed E-state index contributed by atoms with van der Waals surface area (Å²) >= 11 is 3.41. The van der Waals surface area contributed by atoms with Crippen molar-refractivity contribution in [1.82, 2.24) is 9.80 Å². The van der Waals surface area contributed by atoms with Crippen molar-refractivity contribution in [3.63, 3.8) is 0 Å². The molecule has 0 bridgehead atoms. The molecule has 0 aliphatic carbocycles. The second kappa shape index (κ2) is 15.9. The van der Waals surface area contributed by atoms with E-state index in [1.807, 2.05) is 52.0 Å². The Kier molecular flexibility index (Phi) is 12.7. The molecular weight excluding hydrogens is 661 g/mol. The van der Waals surface area contributed by atoms with Crippen molar-refractivity contribution < 1.29 is 19.1 Å². The van der Waals surface area contributed by atoms with E-state index in [1.54, 1.807) is 22.7 Å². The minimum absolute atomic E-state index is 0.118.